The molecule has 0 saturated carbocycles. The topological polar surface area (TPSA) is 99.9 Å². The van der Waals surface area contributed by atoms with Gasteiger partial charge in [-0.25, -0.2) is 4.98 Å². The third-order valence-electron chi connectivity index (χ3n) is 1.52. The summed E-state index contributed by atoms with van der Waals surface area (Å²) in [6.07, 6.45) is 2.08. The van der Waals surface area contributed by atoms with Gasteiger partial charge in [-0.1, -0.05) is 0 Å². The minimum absolute atomic E-state index is 0.239. The zero-order valence-corrected chi connectivity index (χ0v) is 8.90. The lowest BCUT2D eigenvalue weighted by molar-refractivity contribution is 0.248. The van der Waals surface area contributed by atoms with Crippen molar-refractivity contribution >= 4 is 5.95 Å². The van der Waals surface area contributed by atoms with Crippen LogP contribution >= 0.6 is 0 Å². The van der Waals surface area contributed by atoms with Gasteiger partial charge in [-0.3, -0.25) is 0 Å². The van der Waals surface area contributed by atoms with Gasteiger partial charge in [-0.05, 0) is 13.8 Å². The number of allylic oxidation sites excluding steroid dienone is 1. The van der Waals surface area contributed by atoms with E-state index in [-0.39, 0.29) is 5.95 Å². The molecule has 6 nitrogen and oxygen atoms in total. The van der Waals surface area contributed by atoms with Gasteiger partial charge in [-0.15, -0.1) is 0 Å². The SMILES string of the molecule is CC(N)=COCCc1nc(C)nc(N)n1. The van der Waals surface area contributed by atoms with Gasteiger partial charge < -0.3 is 16.2 Å². The average molecular weight is 209 g/mol. The molecule has 15 heavy (non-hydrogen) atoms. The molecule has 0 unspecified atom stereocenters. The van der Waals surface area contributed by atoms with E-state index in [2.05, 4.69) is 15.0 Å². The highest BCUT2D eigenvalue weighted by atomic mass is 16.5. The molecule has 0 aliphatic heterocycles. The van der Waals surface area contributed by atoms with Crippen molar-refractivity contribution in [2.45, 2.75) is 20.3 Å². The molecule has 0 saturated heterocycles. The molecule has 0 spiro atoms. The van der Waals surface area contributed by atoms with E-state index in [1.54, 1.807) is 13.8 Å². The minimum atomic E-state index is 0.239. The van der Waals surface area contributed by atoms with Gasteiger partial charge in [0, 0.05) is 12.1 Å². The molecule has 1 aromatic rings. The van der Waals surface area contributed by atoms with E-state index in [0.717, 1.165) is 0 Å². The number of anilines is 1. The lowest BCUT2D eigenvalue weighted by atomic mass is 10.4. The highest BCUT2D eigenvalue weighted by Crippen LogP contribution is 1.98. The summed E-state index contributed by atoms with van der Waals surface area (Å²) in [5.41, 5.74) is 11.5. The third kappa shape index (κ3) is 4.26. The first-order valence-corrected chi connectivity index (χ1v) is 4.59. The van der Waals surface area contributed by atoms with Crippen LogP contribution in [0.3, 0.4) is 0 Å². The molecule has 4 N–H and O–H groups in total. The lowest BCUT2D eigenvalue weighted by Crippen LogP contribution is -2.07. The Balaban J connectivity index is 2.47. The molecule has 0 aliphatic carbocycles. The number of nitrogens with zero attached hydrogens (tertiary/aromatic N) is 3. The van der Waals surface area contributed by atoms with Crippen molar-refractivity contribution in [1.82, 2.24) is 15.0 Å². The van der Waals surface area contributed by atoms with Gasteiger partial charge in [0.2, 0.25) is 5.95 Å². The molecule has 0 amide bonds. The van der Waals surface area contributed by atoms with Crippen molar-refractivity contribution in [3.05, 3.63) is 23.6 Å². The molecule has 0 aliphatic rings. The fourth-order valence-corrected chi connectivity index (χ4v) is 1.01. The number of nitrogens with two attached hydrogens (primary N) is 2. The number of aromatic nitrogens is 3. The molecule has 1 rings (SSSR count). The van der Waals surface area contributed by atoms with Crippen LogP contribution in [-0.4, -0.2) is 21.6 Å². The Labute approximate surface area is 88.4 Å². The molecule has 1 aromatic heterocycles. The monoisotopic (exact) mass is 209 g/mol. The second-order valence-electron chi connectivity index (χ2n) is 3.14. The van der Waals surface area contributed by atoms with E-state index in [4.69, 9.17) is 16.2 Å². The summed E-state index contributed by atoms with van der Waals surface area (Å²) >= 11 is 0. The van der Waals surface area contributed by atoms with Gasteiger partial charge in [0.05, 0.1) is 6.61 Å². The zero-order valence-electron chi connectivity index (χ0n) is 8.90. The van der Waals surface area contributed by atoms with Crippen LogP contribution in [0.1, 0.15) is 18.6 Å². The average Bonchev–Trinajstić information content (AvgIpc) is 2.10. The van der Waals surface area contributed by atoms with Crippen molar-refractivity contribution < 1.29 is 4.74 Å². The molecule has 0 aromatic carbocycles. The van der Waals surface area contributed by atoms with Gasteiger partial charge in [0.25, 0.3) is 0 Å². The summed E-state index contributed by atoms with van der Waals surface area (Å²) in [5, 5.41) is 0. The molecule has 0 fully saturated rings. The van der Waals surface area contributed by atoms with Gasteiger partial charge >= 0.3 is 0 Å². The van der Waals surface area contributed by atoms with Crippen LogP contribution in [-0.2, 0) is 11.2 Å². The van der Waals surface area contributed by atoms with Crippen molar-refractivity contribution in [3.8, 4) is 0 Å². The van der Waals surface area contributed by atoms with E-state index in [9.17, 15) is 0 Å². The Morgan fingerprint density at radius 2 is 2.13 bits per heavy atom. The van der Waals surface area contributed by atoms with Crippen molar-refractivity contribution in [2.75, 3.05) is 12.3 Å². The minimum Gasteiger partial charge on any atom is -0.499 e. The third-order valence-corrected chi connectivity index (χ3v) is 1.52. The number of hydrogen-bond donors (Lipinski definition) is 2. The van der Waals surface area contributed by atoms with Crippen LogP contribution in [0.4, 0.5) is 5.95 Å². The summed E-state index contributed by atoms with van der Waals surface area (Å²) in [6.45, 7) is 3.99. The highest BCUT2D eigenvalue weighted by Gasteiger charge is 2.00. The Hall–Kier alpha value is -1.85. The first-order valence-electron chi connectivity index (χ1n) is 4.59. The molecular weight excluding hydrogens is 194 g/mol. The maximum absolute atomic E-state index is 5.48. The summed E-state index contributed by atoms with van der Waals surface area (Å²) in [7, 11) is 0. The number of aryl methyl sites for hydroxylation is 1. The fourth-order valence-electron chi connectivity index (χ4n) is 1.01. The summed E-state index contributed by atoms with van der Waals surface area (Å²) < 4.78 is 5.15. The molecule has 82 valence electrons. The lowest BCUT2D eigenvalue weighted by Gasteiger charge is -2.02. The van der Waals surface area contributed by atoms with Crippen LogP contribution in [0.25, 0.3) is 0 Å². The number of ether oxygens (including phenoxy) is 1. The summed E-state index contributed by atoms with van der Waals surface area (Å²) in [4.78, 5) is 12.0. The molecule has 0 atom stereocenters. The van der Waals surface area contributed by atoms with E-state index < -0.39 is 0 Å². The zero-order chi connectivity index (χ0) is 11.3. The van der Waals surface area contributed by atoms with Crippen LogP contribution in [0, 0.1) is 6.92 Å². The first-order chi connectivity index (χ1) is 7.08. The second kappa shape index (κ2) is 5.14. The predicted octanol–water partition coefficient (Wildman–Crippen LogP) is 0.141. The Bertz CT molecular complexity index is 339. The van der Waals surface area contributed by atoms with E-state index in [1.165, 1.54) is 6.26 Å². The molecular formula is C9H15N5O. The summed E-state index contributed by atoms with van der Waals surface area (Å²) in [6, 6.07) is 0. The smallest absolute Gasteiger partial charge is 0.223 e. The van der Waals surface area contributed by atoms with E-state index >= 15 is 0 Å². The molecule has 0 radical (unpaired) electrons. The maximum Gasteiger partial charge on any atom is 0.223 e. The largest absolute Gasteiger partial charge is 0.499 e. The summed E-state index contributed by atoms with van der Waals surface area (Å²) in [5.74, 6) is 1.48. The van der Waals surface area contributed by atoms with Crippen molar-refractivity contribution in [1.29, 1.82) is 0 Å². The maximum atomic E-state index is 5.48. The Morgan fingerprint density at radius 3 is 2.73 bits per heavy atom. The van der Waals surface area contributed by atoms with Crippen molar-refractivity contribution in [3.63, 3.8) is 0 Å². The molecule has 0 bridgehead atoms. The number of rotatable bonds is 4. The normalized spacial score (nSPS) is 11.5. The van der Waals surface area contributed by atoms with E-state index in [1.807, 2.05) is 0 Å². The fraction of sp³-hybridized carbons (Fsp3) is 0.444. The van der Waals surface area contributed by atoms with Gasteiger partial charge in [0.1, 0.15) is 17.9 Å². The van der Waals surface area contributed by atoms with Crippen LogP contribution in [0.2, 0.25) is 0 Å². The standard InChI is InChI=1S/C9H15N5O/c1-6(10)5-15-4-3-8-12-7(2)13-9(11)14-8/h5H,3-4,10H2,1-2H3,(H2,11,12,13,14). The molecule has 1 heterocycles. The van der Waals surface area contributed by atoms with Crippen LogP contribution in [0.5, 0.6) is 0 Å². The van der Waals surface area contributed by atoms with E-state index in [0.29, 0.717) is 30.4 Å². The number of hydrogen-bond acceptors (Lipinski definition) is 6. The van der Waals surface area contributed by atoms with Gasteiger partial charge in [0.15, 0.2) is 0 Å². The molecule has 6 heteroatoms. The predicted molar refractivity (Wildman–Crippen MR) is 56.6 cm³/mol. The number of nitrogen functional groups attached to an aromatic ring is 1. The van der Waals surface area contributed by atoms with Crippen molar-refractivity contribution in [2.24, 2.45) is 5.73 Å². The van der Waals surface area contributed by atoms with Crippen LogP contribution < -0.4 is 11.5 Å². The first kappa shape index (κ1) is 11.2. The second-order valence-corrected chi connectivity index (χ2v) is 3.14. The quantitative estimate of drug-likeness (QED) is 0.540. The van der Waals surface area contributed by atoms with Crippen LogP contribution in [0.15, 0.2) is 12.0 Å². The highest BCUT2D eigenvalue weighted by molar-refractivity contribution is 5.15. The Morgan fingerprint density at radius 1 is 1.40 bits per heavy atom. The van der Waals surface area contributed by atoms with Gasteiger partial charge in [-0.2, -0.15) is 9.97 Å². The Kier molecular flexibility index (Phi) is 3.84.